The molecule has 3 heterocycles. The molecule has 1 aromatic carbocycles. The molecule has 0 fully saturated rings. The van der Waals surface area contributed by atoms with Gasteiger partial charge in [-0.1, -0.05) is 30.7 Å². The molecule has 13 heteroatoms. The van der Waals surface area contributed by atoms with Gasteiger partial charge < -0.3 is 4.74 Å². The first-order valence-corrected chi connectivity index (χ1v) is 12.0. The third-order valence-corrected chi connectivity index (χ3v) is 6.06. The smallest absolute Gasteiger partial charge is 0.416 e. The first-order valence-electron chi connectivity index (χ1n) is 11.5. The second kappa shape index (κ2) is 10.4. The van der Waals surface area contributed by atoms with Crippen LogP contribution in [-0.2, 0) is 35.3 Å². The van der Waals surface area contributed by atoms with Gasteiger partial charge in [-0.25, -0.2) is 9.79 Å². The number of carbonyl (C=O) groups excluding carboxylic acids is 1. The molecule has 37 heavy (non-hydrogen) atoms. The van der Waals surface area contributed by atoms with Gasteiger partial charge >= 0.3 is 17.8 Å². The van der Waals surface area contributed by atoms with E-state index in [-0.39, 0.29) is 36.7 Å². The van der Waals surface area contributed by atoms with Gasteiger partial charge in [-0.05, 0) is 31.0 Å². The van der Waals surface area contributed by atoms with Crippen LogP contribution in [0.3, 0.4) is 0 Å². The van der Waals surface area contributed by atoms with Crippen molar-refractivity contribution in [3.05, 3.63) is 79.8 Å². The largest absolute Gasteiger partial charge is 0.449 e. The zero-order valence-corrected chi connectivity index (χ0v) is 20.7. The molecule has 0 spiro atoms. The van der Waals surface area contributed by atoms with E-state index in [0.29, 0.717) is 17.5 Å². The first-order chi connectivity index (χ1) is 17.6. The van der Waals surface area contributed by atoms with Gasteiger partial charge in [0, 0.05) is 24.8 Å². The van der Waals surface area contributed by atoms with Gasteiger partial charge in [0.1, 0.15) is 11.7 Å². The minimum Gasteiger partial charge on any atom is -0.449 e. The Balaban J connectivity index is 1.78. The van der Waals surface area contributed by atoms with Gasteiger partial charge in [0.05, 0.1) is 29.6 Å². The highest BCUT2D eigenvalue weighted by Gasteiger charge is 2.41. The minimum atomic E-state index is -4.48. The molecule has 2 aromatic heterocycles. The Morgan fingerprint density at radius 2 is 1.95 bits per heavy atom. The number of benzene rings is 1. The quantitative estimate of drug-likeness (QED) is 0.322. The lowest BCUT2D eigenvalue weighted by Crippen LogP contribution is -2.42. The number of esters is 1. The predicted octanol–water partition coefficient (Wildman–Crippen LogP) is 3.66. The van der Waals surface area contributed by atoms with Gasteiger partial charge in [0.15, 0.2) is 6.07 Å². The van der Waals surface area contributed by atoms with Crippen LogP contribution in [0.25, 0.3) is 0 Å². The van der Waals surface area contributed by atoms with Crippen molar-refractivity contribution in [1.29, 1.82) is 0 Å². The fourth-order valence-electron chi connectivity index (χ4n) is 4.32. The summed E-state index contributed by atoms with van der Waals surface area (Å²) in [7, 11) is 0. The van der Waals surface area contributed by atoms with E-state index < -0.39 is 40.9 Å². The molecular formula is C24H23ClF3N5O4. The molecule has 1 unspecified atom stereocenters. The van der Waals surface area contributed by atoms with Crippen LogP contribution in [0.1, 0.15) is 48.4 Å². The summed E-state index contributed by atoms with van der Waals surface area (Å²) in [5.74, 6) is -2.02. The molecule has 0 N–H and O–H groups in total. The summed E-state index contributed by atoms with van der Waals surface area (Å²) in [6.07, 6.45) is -1.07. The van der Waals surface area contributed by atoms with Crippen molar-refractivity contribution in [1.82, 2.24) is 18.9 Å². The van der Waals surface area contributed by atoms with Crippen LogP contribution in [0.4, 0.5) is 19.0 Å². The van der Waals surface area contributed by atoms with E-state index in [0.717, 1.165) is 16.7 Å². The van der Waals surface area contributed by atoms with Gasteiger partial charge in [0.2, 0.25) is 0 Å². The van der Waals surface area contributed by atoms with E-state index in [1.807, 2.05) is 6.92 Å². The summed E-state index contributed by atoms with van der Waals surface area (Å²) in [6, 6.07) is 4.40. The van der Waals surface area contributed by atoms with Crippen molar-refractivity contribution < 1.29 is 22.7 Å². The molecule has 0 saturated heterocycles. The maximum absolute atomic E-state index is 13.3. The van der Waals surface area contributed by atoms with Crippen molar-refractivity contribution in [2.75, 3.05) is 6.07 Å². The standard InChI is InChI=1S/C24H23ClF3N5O4/c1-3-8-33-21(34)18-17(22(35)37-13-25)19(30-20(18)32(4-2)23(33)36)15-10-29-31(12-15)11-14-6-5-7-16(9-14)24(26,27)28/h5-7,9-10,12,17H,3-4,8,11,13H2,1-2H3. The average molecular weight is 538 g/mol. The molecule has 196 valence electrons. The lowest BCUT2D eigenvalue weighted by atomic mass is 9.94. The van der Waals surface area contributed by atoms with Gasteiger partial charge in [-0.15, -0.1) is 0 Å². The normalized spacial score (nSPS) is 15.0. The van der Waals surface area contributed by atoms with Crippen LogP contribution >= 0.6 is 11.6 Å². The van der Waals surface area contributed by atoms with Crippen molar-refractivity contribution in [3.63, 3.8) is 0 Å². The van der Waals surface area contributed by atoms with E-state index in [4.69, 9.17) is 16.3 Å². The Bertz CT molecular complexity index is 1490. The summed E-state index contributed by atoms with van der Waals surface area (Å²) in [5.41, 5.74) is -1.12. The second-order valence-electron chi connectivity index (χ2n) is 8.35. The third-order valence-electron chi connectivity index (χ3n) is 5.95. The highest BCUT2D eigenvalue weighted by Crippen LogP contribution is 2.36. The topological polar surface area (TPSA) is 100 Å². The van der Waals surface area contributed by atoms with E-state index in [1.54, 1.807) is 6.92 Å². The molecular weight excluding hydrogens is 515 g/mol. The van der Waals surface area contributed by atoms with Crippen molar-refractivity contribution in [2.45, 2.75) is 52.0 Å². The zero-order valence-electron chi connectivity index (χ0n) is 20.0. The monoisotopic (exact) mass is 537 g/mol. The molecule has 1 aliphatic heterocycles. The Morgan fingerprint density at radius 1 is 1.19 bits per heavy atom. The van der Waals surface area contributed by atoms with E-state index in [2.05, 4.69) is 10.1 Å². The minimum absolute atomic E-state index is 0.00523. The summed E-state index contributed by atoms with van der Waals surface area (Å²) in [4.78, 5) is 43.7. The Labute approximate surface area is 213 Å². The molecule has 3 aromatic rings. The number of carbonyl (C=O) groups is 1. The van der Waals surface area contributed by atoms with Crippen LogP contribution in [0.15, 0.2) is 51.2 Å². The number of nitrogens with zero attached hydrogens (tertiary/aromatic N) is 5. The number of halogens is 4. The molecule has 0 aliphatic carbocycles. The van der Waals surface area contributed by atoms with Gasteiger partial charge in [-0.3, -0.25) is 23.4 Å². The average Bonchev–Trinajstić information content (AvgIpc) is 3.47. The molecule has 0 saturated carbocycles. The zero-order chi connectivity index (χ0) is 26.9. The Hall–Kier alpha value is -3.67. The van der Waals surface area contributed by atoms with Crippen LogP contribution in [0.5, 0.6) is 0 Å². The molecule has 9 nitrogen and oxygen atoms in total. The molecule has 0 amide bonds. The number of aromatic nitrogens is 4. The maximum atomic E-state index is 13.3. The van der Waals surface area contributed by atoms with Gasteiger partial charge in [0.25, 0.3) is 5.56 Å². The van der Waals surface area contributed by atoms with Crippen molar-refractivity contribution >= 4 is 29.1 Å². The number of ether oxygens (including phenoxy) is 1. The van der Waals surface area contributed by atoms with E-state index >= 15 is 0 Å². The molecule has 4 rings (SSSR count). The SMILES string of the molecule is CCCn1c(=O)c2c(n(CC)c1=O)N=C(c1cnn(Cc3cccc(C(F)(F)F)c3)c1)C2C(=O)OCCl. The van der Waals surface area contributed by atoms with Crippen molar-refractivity contribution in [2.24, 2.45) is 4.99 Å². The molecule has 1 atom stereocenters. The third kappa shape index (κ3) is 4.97. The van der Waals surface area contributed by atoms with Crippen LogP contribution < -0.4 is 11.2 Å². The number of aliphatic imine (C=N–C) groups is 1. The molecule has 0 radical (unpaired) electrons. The summed E-state index contributed by atoms with van der Waals surface area (Å²) >= 11 is 5.62. The Morgan fingerprint density at radius 3 is 2.59 bits per heavy atom. The van der Waals surface area contributed by atoms with Crippen LogP contribution in [0, 0.1) is 0 Å². The molecule has 0 bridgehead atoms. The van der Waals surface area contributed by atoms with Crippen LogP contribution in [0.2, 0.25) is 0 Å². The highest BCUT2D eigenvalue weighted by atomic mass is 35.5. The summed E-state index contributed by atoms with van der Waals surface area (Å²) in [6.45, 7) is 3.91. The van der Waals surface area contributed by atoms with Gasteiger partial charge in [-0.2, -0.15) is 18.3 Å². The second-order valence-corrected chi connectivity index (χ2v) is 8.57. The number of rotatable bonds is 8. The molecule has 1 aliphatic rings. The number of hydrogen-bond acceptors (Lipinski definition) is 6. The lowest BCUT2D eigenvalue weighted by molar-refractivity contribution is -0.141. The number of fused-ring (bicyclic) bond motifs is 1. The number of hydrogen-bond donors (Lipinski definition) is 0. The Kier molecular flexibility index (Phi) is 7.39. The van der Waals surface area contributed by atoms with Crippen molar-refractivity contribution in [3.8, 4) is 0 Å². The van der Waals surface area contributed by atoms with E-state index in [9.17, 15) is 27.6 Å². The fraction of sp³-hybridized carbons (Fsp3) is 0.375. The summed E-state index contributed by atoms with van der Waals surface area (Å²) < 4.78 is 48.0. The van der Waals surface area contributed by atoms with Crippen LogP contribution in [-0.4, -0.2) is 36.7 Å². The fourth-order valence-corrected chi connectivity index (χ4v) is 4.42. The maximum Gasteiger partial charge on any atom is 0.416 e. The predicted molar refractivity (Wildman–Crippen MR) is 129 cm³/mol. The lowest BCUT2D eigenvalue weighted by Gasteiger charge is -2.15. The summed E-state index contributed by atoms with van der Waals surface area (Å²) in [5, 5.41) is 4.20. The highest BCUT2D eigenvalue weighted by molar-refractivity contribution is 6.21. The van der Waals surface area contributed by atoms with E-state index in [1.165, 1.54) is 33.8 Å². The first kappa shape index (κ1) is 26.4. The number of alkyl halides is 4.